The number of phenols is 8. The Kier molecular flexibility index (Phi) is 6.78. The van der Waals surface area contributed by atoms with Gasteiger partial charge in [-0.3, -0.25) is 0 Å². The largest absolute Gasteiger partial charge is 0.508 e. The van der Waals surface area contributed by atoms with Crippen molar-refractivity contribution >= 4 is 17.7 Å². The van der Waals surface area contributed by atoms with Crippen molar-refractivity contribution in [2.75, 3.05) is 0 Å². The van der Waals surface area contributed by atoms with Crippen LogP contribution in [0.2, 0.25) is 0 Å². The van der Waals surface area contributed by atoms with Gasteiger partial charge in [-0.05, 0) is 36.4 Å². The third kappa shape index (κ3) is 4.87. The Bertz CT molecular complexity index is 1560. The Balaban J connectivity index is 1.67. The molecule has 8 N–H and O–H groups in total. The molecule has 11 nitrogen and oxygen atoms in total. The minimum Gasteiger partial charge on any atom is -0.508 e. The lowest BCUT2D eigenvalue weighted by Gasteiger charge is -2.39. The predicted octanol–water partition coefficient (Wildman–Crippen LogP) is 4.52. The van der Waals surface area contributed by atoms with Crippen LogP contribution in [-0.4, -0.2) is 52.9 Å². The number of phenolic OH excluding ortho intramolecular Hbond substituents is 8. The molecule has 0 aromatic heterocycles. The molecular weight excluding hydrogens is 544 g/mol. The Morgan fingerprint density at radius 2 is 1.30 bits per heavy atom. The normalized spacial score (nSPS) is 17.9. The molecule has 0 aliphatic carbocycles. The fourth-order valence-electron chi connectivity index (χ4n) is 4.36. The molecule has 4 aromatic carbocycles. The van der Waals surface area contributed by atoms with Crippen molar-refractivity contribution in [1.82, 2.24) is 0 Å². The molecule has 0 bridgehead atoms. The summed E-state index contributed by atoms with van der Waals surface area (Å²) >= 11 is 1.18. The average Bonchev–Trinajstić information content (AvgIpc) is 2.91. The van der Waals surface area contributed by atoms with Crippen LogP contribution >= 0.6 is 11.8 Å². The van der Waals surface area contributed by atoms with E-state index in [1.165, 1.54) is 17.8 Å². The number of aromatic hydroxyl groups is 8. The van der Waals surface area contributed by atoms with Gasteiger partial charge in [0.05, 0.1) is 16.4 Å². The molecule has 0 saturated heterocycles. The molecule has 1 aliphatic heterocycles. The molecule has 0 amide bonds. The van der Waals surface area contributed by atoms with Gasteiger partial charge in [0, 0.05) is 22.6 Å². The van der Waals surface area contributed by atoms with Crippen molar-refractivity contribution in [3.8, 4) is 51.7 Å². The fourth-order valence-corrected chi connectivity index (χ4v) is 5.66. The number of hydrogen-bond donors (Lipinski definition) is 8. The van der Waals surface area contributed by atoms with Crippen LogP contribution < -0.4 is 4.74 Å². The zero-order valence-corrected chi connectivity index (χ0v) is 21.1. The quantitative estimate of drug-likeness (QED) is 0.124. The highest BCUT2D eigenvalue weighted by molar-refractivity contribution is 7.99. The van der Waals surface area contributed by atoms with Gasteiger partial charge in [-0.1, -0.05) is 18.2 Å². The highest BCUT2D eigenvalue weighted by atomic mass is 32.2. The van der Waals surface area contributed by atoms with Gasteiger partial charge in [0.15, 0.2) is 46.7 Å². The SMILES string of the molecule is O=C(O[C@H]1C(Sc2ccccc2)c2c(O)cc(O)cc2O[C@H]1c1cc(O)c(O)c(O)c1)c1cc(O)c(O)c(O)c1. The highest BCUT2D eigenvalue weighted by Gasteiger charge is 2.45. The second-order valence-corrected chi connectivity index (χ2v) is 10.1. The van der Waals surface area contributed by atoms with Crippen LogP contribution in [0.1, 0.15) is 32.8 Å². The number of hydrogen-bond acceptors (Lipinski definition) is 12. The molecule has 0 saturated carbocycles. The van der Waals surface area contributed by atoms with Crippen LogP contribution in [0.4, 0.5) is 0 Å². The summed E-state index contributed by atoms with van der Waals surface area (Å²) in [4.78, 5) is 14.0. The molecule has 12 heteroatoms. The lowest BCUT2D eigenvalue weighted by Crippen LogP contribution is -2.37. The highest BCUT2D eigenvalue weighted by Crippen LogP contribution is 2.55. The summed E-state index contributed by atoms with van der Waals surface area (Å²) in [5.74, 6) is -6.25. The Hall–Kier alpha value is -5.10. The second kappa shape index (κ2) is 10.2. The monoisotopic (exact) mass is 566 g/mol. The van der Waals surface area contributed by atoms with Crippen LogP contribution in [0.15, 0.2) is 71.6 Å². The van der Waals surface area contributed by atoms with Gasteiger partial charge in [-0.15, -0.1) is 11.8 Å². The maximum absolute atomic E-state index is 13.3. The Morgan fingerprint density at radius 1 is 0.725 bits per heavy atom. The second-order valence-electron chi connectivity index (χ2n) is 8.91. The van der Waals surface area contributed by atoms with Gasteiger partial charge in [0.1, 0.15) is 17.2 Å². The maximum Gasteiger partial charge on any atom is 0.338 e. The number of carbonyl (C=O) groups is 1. The number of rotatable bonds is 5. The minimum absolute atomic E-state index is 0.0233. The van der Waals surface area contributed by atoms with E-state index in [1.54, 1.807) is 30.3 Å². The van der Waals surface area contributed by atoms with Gasteiger partial charge >= 0.3 is 5.97 Å². The molecule has 1 unspecified atom stereocenters. The van der Waals surface area contributed by atoms with Gasteiger partial charge in [0.2, 0.25) is 0 Å². The first kappa shape index (κ1) is 26.5. The van der Waals surface area contributed by atoms with E-state index >= 15 is 0 Å². The van der Waals surface area contributed by atoms with Crippen LogP contribution in [-0.2, 0) is 4.74 Å². The molecule has 40 heavy (non-hydrogen) atoms. The first-order chi connectivity index (χ1) is 19.0. The van der Waals surface area contributed by atoms with Gasteiger partial charge < -0.3 is 50.3 Å². The molecule has 1 heterocycles. The van der Waals surface area contributed by atoms with Crippen LogP contribution in [0.25, 0.3) is 0 Å². The minimum atomic E-state index is -1.32. The predicted molar refractivity (Wildman–Crippen MR) is 140 cm³/mol. The van der Waals surface area contributed by atoms with E-state index in [0.717, 1.165) is 30.3 Å². The molecule has 0 radical (unpaired) electrons. The number of thioether (sulfide) groups is 1. The number of esters is 1. The Morgan fingerprint density at radius 3 is 1.90 bits per heavy atom. The molecular formula is C28H22O11S. The average molecular weight is 567 g/mol. The van der Waals surface area contributed by atoms with Crippen LogP contribution in [0, 0.1) is 0 Å². The summed E-state index contributed by atoms with van der Waals surface area (Å²) in [6, 6.07) is 15.2. The van der Waals surface area contributed by atoms with Crippen molar-refractivity contribution in [2.45, 2.75) is 22.4 Å². The van der Waals surface area contributed by atoms with E-state index in [4.69, 9.17) is 9.47 Å². The Labute approximate surface area is 230 Å². The molecule has 0 spiro atoms. The van der Waals surface area contributed by atoms with Crippen molar-refractivity contribution in [2.24, 2.45) is 0 Å². The summed E-state index contributed by atoms with van der Waals surface area (Å²) in [5.41, 5.74) is -0.0920. The first-order valence-electron chi connectivity index (χ1n) is 11.7. The number of fused-ring (bicyclic) bond motifs is 1. The summed E-state index contributed by atoms with van der Waals surface area (Å²) < 4.78 is 11.9. The summed E-state index contributed by atoms with van der Waals surface area (Å²) in [5, 5.41) is 79.8. The van der Waals surface area contributed by atoms with E-state index in [9.17, 15) is 45.6 Å². The fraction of sp³-hybridized carbons (Fsp3) is 0.107. The molecule has 0 fully saturated rings. The lowest BCUT2D eigenvalue weighted by molar-refractivity contribution is -0.0203. The van der Waals surface area contributed by atoms with Crippen molar-refractivity contribution < 1.29 is 55.1 Å². The lowest BCUT2D eigenvalue weighted by atomic mass is 9.92. The van der Waals surface area contributed by atoms with E-state index < -0.39 is 57.9 Å². The van der Waals surface area contributed by atoms with E-state index in [-0.39, 0.29) is 33.9 Å². The van der Waals surface area contributed by atoms with Crippen molar-refractivity contribution in [3.63, 3.8) is 0 Å². The third-order valence-corrected chi connectivity index (χ3v) is 7.52. The molecule has 5 rings (SSSR count). The maximum atomic E-state index is 13.3. The number of benzene rings is 4. The zero-order valence-electron chi connectivity index (χ0n) is 20.3. The van der Waals surface area contributed by atoms with Gasteiger partial charge in [-0.25, -0.2) is 4.79 Å². The van der Waals surface area contributed by atoms with Gasteiger partial charge in [-0.2, -0.15) is 0 Å². The number of carbonyl (C=O) groups excluding carboxylic acids is 1. The smallest absolute Gasteiger partial charge is 0.338 e. The molecule has 206 valence electrons. The molecule has 4 aromatic rings. The summed E-state index contributed by atoms with van der Waals surface area (Å²) in [7, 11) is 0. The van der Waals surface area contributed by atoms with Crippen LogP contribution in [0.5, 0.6) is 51.7 Å². The van der Waals surface area contributed by atoms with Crippen molar-refractivity contribution in [1.29, 1.82) is 0 Å². The summed E-state index contributed by atoms with van der Waals surface area (Å²) in [6.07, 6.45) is -2.60. The van der Waals surface area contributed by atoms with E-state index in [1.807, 2.05) is 0 Å². The third-order valence-electron chi connectivity index (χ3n) is 6.22. The van der Waals surface area contributed by atoms with E-state index in [2.05, 4.69) is 0 Å². The zero-order chi connectivity index (χ0) is 28.7. The standard InChI is InChI=1S/C28H22O11S/c29-14-10-16(30)22-21(11-14)38-25(12-6-17(31)23(35)18(32)7-12)26(27(22)40-15-4-2-1-3-5-15)39-28(37)13-8-19(33)24(36)20(34)9-13/h1-11,25-27,29-36H/t25-,26+,27?/m0/s1. The summed E-state index contributed by atoms with van der Waals surface area (Å²) in [6.45, 7) is 0. The van der Waals surface area contributed by atoms with Gasteiger partial charge in [0.25, 0.3) is 0 Å². The first-order valence-corrected chi connectivity index (χ1v) is 12.6. The molecule has 3 atom stereocenters. The van der Waals surface area contributed by atoms with E-state index in [0.29, 0.717) is 4.90 Å². The van der Waals surface area contributed by atoms with Crippen LogP contribution in [0.3, 0.4) is 0 Å². The molecule has 1 aliphatic rings. The van der Waals surface area contributed by atoms with Crippen molar-refractivity contribution in [3.05, 3.63) is 83.4 Å². The topological polar surface area (TPSA) is 197 Å². The number of ether oxygens (including phenoxy) is 2.